The minimum Gasteiger partial charge on any atom is -0.335 e. The lowest BCUT2D eigenvalue weighted by molar-refractivity contribution is 0.603. The number of anilines is 1. The van der Waals surface area contributed by atoms with Crippen LogP contribution in [0.25, 0.3) is 10.2 Å². The van der Waals surface area contributed by atoms with Crippen LogP contribution in [0.2, 0.25) is 0 Å². The Hall–Kier alpha value is -1.51. The molecule has 21 heavy (non-hydrogen) atoms. The van der Waals surface area contributed by atoms with Crippen LogP contribution in [-0.2, 0) is 9.84 Å². The van der Waals surface area contributed by atoms with Crippen LogP contribution in [0.4, 0.5) is 5.13 Å². The predicted molar refractivity (Wildman–Crippen MR) is 90.5 cm³/mol. The van der Waals surface area contributed by atoms with Crippen LogP contribution in [-0.4, -0.2) is 30.0 Å². The number of aromatic nitrogens is 1. The van der Waals surface area contributed by atoms with Crippen molar-refractivity contribution in [2.75, 3.05) is 16.8 Å². The van der Waals surface area contributed by atoms with E-state index in [-0.39, 0.29) is 11.5 Å². The average molecular weight is 339 g/mol. The topological polar surface area (TPSA) is 71.1 Å². The molecule has 2 heterocycles. The lowest BCUT2D eigenvalue weighted by Crippen LogP contribution is -2.28. The van der Waals surface area contributed by atoms with E-state index in [0.29, 0.717) is 15.9 Å². The Balaban J connectivity index is 1.69. The van der Waals surface area contributed by atoms with E-state index in [1.54, 1.807) is 6.08 Å². The van der Waals surface area contributed by atoms with Gasteiger partial charge in [0.1, 0.15) is 0 Å². The van der Waals surface area contributed by atoms with Gasteiger partial charge in [-0.1, -0.05) is 17.4 Å². The number of thiazole rings is 1. The molecule has 1 aliphatic rings. The molecule has 8 heteroatoms. The van der Waals surface area contributed by atoms with Gasteiger partial charge < -0.3 is 10.6 Å². The monoisotopic (exact) mass is 339 g/mol. The zero-order valence-corrected chi connectivity index (χ0v) is 13.7. The van der Waals surface area contributed by atoms with Crippen molar-refractivity contribution < 1.29 is 8.42 Å². The maximum Gasteiger partial charge on any atom is 0.190 e. The molecule has 3 rings (SSSR count). The zero-order valence-electron chi connectivity index (χ0n) is 11.2. The summed E-state index contributed by atoms with van der Waals surface area (Å²) in [6.45, 7) is 2.03. The Labute approximate surface area is 132 Å². The molecule has 0 radical (unpaired) electrons. The highest BCUT2D eigenvalue weighted by Gasteiger charge is 2.20. The van der Waals surface area contributed by atoms with E-state index in [1.165, 1.54) is 16.9 Å². The molecular formula is C13H13N3O2S3. The average Bonchev–Trinajstić information content (AvgIpc) is 2.91. The third-order valence-corrected chi connectivity index (χ3v) is 5.56. The van der Waals surface area contributed by atoms with Crippen LogP contribution >= 0.6 is 23.6 Å². The minimum atomic E-state index is -2.99. The summed E-state index contributed by atoms with van der Waals surface area (Å²) in [5, 5.41) is 6.95. The highest BCUT2D eigenvalue weighted by molar-refractivity contribution is 7.92. The normalized spacial score (nSPS) is 16.7. The largest absolute Gasteiger partial charge is 0.335 e. The smallest absolute Gasteiger partial charge is 0.190 e. The fourth-order valence-corrected chi connectivity index (χ4v) is 4.53. The van der Waals surface area contributed by atoms with Gasteiger partial charge in [0.25, 0.3) is 0 Å². The van der Waals surface area contributed by atoms with Gasteiger partial charge in [-0.15, -0.1) is 0 Å². The molecule has 110 valence electrons. The molecule has 0 saturated heterocycles. The SMILES string of the molecule is Cc1ccc2nc(NC(=S)NC3=CCS(=O)(=O)C3)sc2c1. The number of benzene rings is 1. The Bertz CT molecular complexity index is 853. The van der Waals surface area contributed by atoms with Gasteiger partial charge in [0.2, 0.25) is 0 Å². The highest BCUT2D eigenvalue weighted by Crippen LogP contribution is 2.26. The molecule has 5 nitrogen and oxygen atoms in total. The number of aryl methyl sites for hydroxylation is 1. The number of thiocarbonyl (C=S) groups is 1. The highest BCUT2D eigenvalue weighted by atomic mass is 32.2. The van der Waals surface area contributed by atoms with E-state index in [2.05, 4.69) is 21.7 Å². The molecule has 2 aromatic rings. The molecule has 0 atom stereocenters. The van der Waals surface area contributed by atoms with E-state index in [1.807, 2.05) is 19.1 Å². The number of nitrogens with one attached hydrogen (secondary N) is 2. The van der Waals surface area contributed by atoms with Crippen LogP contribution in [0, 0.1) is 6.92 Å². The van der Waals surface area contributed by atoms with Gasteiger partial charge in [-0.25, -0.2) is 13.4 Å². The van der Waals surface area contributed by atoms with Gasteiger partial charge in [-0.2, -0.15) is 0 Å². The van der Waals surface area contributed by atoms with E-state index < -0.39 is 9.84 Å². The van der Waals surface area contributed by atoms with Gasteiger partial charge in [0, 0.05) is 5.70 Å². The Morgan fingerprint density at radius 2 is 2.19 bits per heavy atom. The summed E-state index contributed by atoms with van der Waals surface area (Å²) in [7, 11) is -2.99. The zero-order chi connectivity index (χ0) is 15.0. The van der Waals surface area contributed by atoms with Crippen molar-refractivity contribution in [2.24, 2.45) is 0 Å². The summed E-state index contributed by atoms with van der Waals surface area (Å²) in [4.78, 5) is 4.44. The first-order valence-corrected chi connectivity index (χ1v) is 9.30. The van der Waals surface area contributed by atoms with Crippen LogP contribution in [0.3, 0.4) is 0 Å². The van der Waals surface area contributed by atoms with E-state index in [0.717, 1.165) is 10.2 Å². The predicted octanol–water partition coefficient (Wildman–Crippen LogP) is 2.20. The van der Waals surface area contributed by atoms with Gasteiger partial charge in [-0.05, 0) is 42.9 Å². The molecule has 0 fully saturated rings. The summed E-state index contributed by atoms with van der Waals surface area (Å²) < 4.78 is 23.8. The van der Waals surface area contributed by atoms with Crippen molar-refractivity contribution in [1.29, 1.82) is 0 Å². The fourth-order valence-electron chi connectivity index (χ4n) is 2.03. The molecule has 0 bridgehead atoms. The first kappa shape index (κ1) is 14.4. The lowest BCUT2D eigenvalue weighted by atomic mass is 10.2. The van der Waals surface area contributed by atoms with Gasteiger partial charge in [0.15, 0.2) is 20.1 Å². The van der Waals surface area contributed by atoms with Crippen LogP contribution < -0.4 is 10.6 Å². The molecule has 0 unspecified atom stereocenters. The maximum absolute atomic E-state index is 11.4. The van der Waals surface area contributed by atoms with Crippen molar-refractivity contribution in [1.82, 2.24) is 10.3 Å². The Morgan fingerprint density at radius 1 is 1.38 bits per heavy atom. The number of hydrogen-bond donors (Lipinski definition) is 2. The number of sulfone groups is 1. The molecule has 1 aromatic heterocycles. The molecule has 1 aliphatic heterocycles. The summed E-state index contributed by atoms with van der Waals surface area (Å²) in [6.07, 6.45) is 1.64. The Kier molecular flexibility index (Phi) is 3.68. The molecule has 2 N–H and O–H groups in total. The first-order valence-electron chi connectivity index (χ1n) is 6.26. The minimum absolute atomic E-state index is 0.00780. The molecule has 1 aromatic carbocycles. The van der Waals surface area contributed by atoms with Crippen molar-refractivity contribution in [3.63, 3.8) is 0 Å². The summed E-state index contributed by atoms with van der Waals surface area (Å²) in [6, 6.07) is 6.05. The van der Waals surface area contributed by atoms with Gasteiger partial charge in [0.05, 0.1) is 21.7 Å². The van der Waals surface area contributed by atoms with E-state index in [4.69, 9.17) is 12.2 Å². The van der Waals surface area contributed by atoms with Gasteiger partial charge in [-0.3, -0.25) is 0 Å². The number of nitrogens with zero attached hydrogens (tertiary/aromatic N) is 1. The number of rotatable bonds is 2. The van der Waals surface area contributed by atoms with Crippen LogP contribution in [0.5, 0.6) is 0 Å². The summed E-state index contributed by atoms with van der Waals surface area (Å²) in [5.41, 5.74) is 2.71. The van der Waals surface area contributed by atoms with Crippen molar-refractivity contribution >= 4 is 53.9 Å². The second-order valence-electron chi connectivity index (χ2n) is 4.85. The first-order chi connectivity index (χ1) is 9.91. The second kappa shape index (κ2) is 5.36. The second-order valence-corrected chi connectivity index (χ2v) is 8.40. The maximum atomic E-state index is 11.4. The van der Waals surface area contributed by atoms with Crippen molar-refractivity contribution in [3.05, 3.63) is 35.5 Å². The standard InChI is InChI=1S/C13H13N3O2S3/c1-8-2-3-10-11(6-8)20-13(15-10)16-12(19)14-9-4-5-21(17,18)7-9/h2-4,6H,5,7H2,1H3,(H2,14,15,16,19). The molecule has 0 saturated carbocycles. The summed E-state index contributed by atoms with van der Waals surface area (Å²) >= 11 is 6.70. The number of hydrogen-bond acceptors (Lipinski definition) is 5. The van der Waals surface area contributed by atoms with E-state index >= 15 is 0 Å². The molecule has 0 amide bonds. The van der Waals surface area contributed by atoms with Crippen LogP contribution in [0.1, 0.15) is 5.56 Å². The lowest BCUT2D eigenvalue weighted by Gasteiger charge is -2.07. The molecule has 0 aliphatic carbocycles. The van der Waals surface area contributed by atoms with Crippen LogP contribution in [0.15, 0.2) is 30.0 Å². The van der Waals surface area contributed by atoms with E-state index in [9.17, 15) is 8.42 Å². The molecule has 0 spiro atoms. The number of fused-ring (bicyclic) bond motifs is 1. The quantitative estimate of drug-likeness (QED) is 0.818. The molecular weight excluding hydrogens is 326 g/mol. The van der Waals surface area contributed by atoms with Crippen molar-refractivity contribution in [3.8, 4) is 0 Å². The third-order valence-electron chi connectivity index (χ3n) is 3.00. The fraction of sp³-hybridized carbons (Fsp3) is 0.231. The third kappa shape index (κ3) is 3.39. The Morgan fingerprint density at radius 3 is 2.90 bits per heavy atom. The summed E-state index contributed by atoms with van der Waals surface area (Å²) in [5.74, 6) is 0.0756. The van der Waals surface area contributed by atoms with Gasteiger partial charge >= 0.3 is 0 Å². The van der Waals surface area contributed by atoms with Crippen molar-refractivity contribution in [2.45, 2.75) is 6.92 Å².